The van der Waals surface area contributed by atoms with Gasteiger partial charge in [-0.3, -0.25) is 0 Å². The first-order valence-corrected chi connectivity index (χ1v) is 6.43. The van der Waals surface area contributed by atoms with Crippen LogP contribution in [0, 0.1) is 15.2 Å². The van der Waals surface area contributed by atoms with Gasteiger partial charge in [-0.05, 0) is 59.3 Å². The van der Waals surface area contributed by atoms with E-state index < -0.39 is 17.2 Å². The summed E-state index contributed by atoms with van der Waals surface area (Å²) < 4.78 is 27.6. The first kappa shape index (κ1) is 13.4. The second kappa shape index (κ2) is 4.93. The van der Waals surface area contributed by atoms with Crippen LogP contribution in [0.2, 0.25) is 0 Å². The summed E-state index contributed by atoms with van der Waals surface area (Å²) in [4.78, 5) is 0. The molecule has 0 aliphatic carbocycles. The minimum atomic E-state index is -1.48. The molecule has 0 bridgehead atoms. The van der Waals surface area contributed by atoms with Crippen LogP contribution in [0.15, 0.2) is 42.5 Å². The Labute approximate surface area is 118 Å². The van der Waals surface area contributed by atoms with Crippen molar-refractivity contribution in [1.82, 2.24) is 0 Å². The second-order valence-electron chi connectivity index (χ2n) is 4.20. The number of hydrogen-bond acceptors (Lipinski definition) is 1. The predicted octanol–water partition coefficient (Wildman–Crippen LogP) is 3.83. The molecule has 0 saturated heterocycles. The van der Waals surface area contributed by atoms with Crippen LogP contribution in [0.25, 0.3) is 0 Å². The van der Waals surface area contributed by atoms with Crippen molar-refractivity contribution in [2.75, 3.05) is 0 Å². The zero-order chi connectivity index (χ0) is 13.3. The van der Waals surface area contributed by atoms with Gasteiger partial charge in [0.25, 0.3) is 0 Å². The molecule has 0 aromatic heterocycles. The highest BCUT2D eigenvalue weighted by molar-refractivity contribution is 14.1. The van der Waals surface area contributed by atoms with E-state index in [0.29, 0.717) is 5.56 Å². The standard InChI is InChI=1S/C14H11F2IO/c1-14(18,9-2-5-11(17)6-3-9)12-7-4-10(15)8-13(12)16/h2-8,18H,1H3. The third kappa shape index (κ3) is 2.54. The molecule has 0 aliphatic rings. The van der Waals surface area contributed by atoms with Crippen molar-refractivity contribution in [1.29, 1.82) is 0 Å². The summed E-state index contributed by atoms with van der Waals surface area (Å²) in [5.41, 5.74) is -0.860. The Morgan fingerprint density at radius 1 is 1.06 bits per heavy atom. The molecule has 0 saturated carbocycles. The molecule has 0 radical (unpaired) electrons. The molecule has 0 aliphatic heterocycles. The molecule has 0 amide bonds. The fourth-order valence-corrected chi connectivity index (χ4v) is 2.17. The lowest BCUT2D eigenvalue weighted by Crippen LogP contribution is -2.24. The maximum Gasteiger partial charge on any atom is 0.132 e. The van der Waals surface area contributed by atoms with Crippen molar-refractivity contribution in [3.8, 4) is 0 Å². The van der Waals surface area contributed by atoms with Gasteiger partial charge < -0.3 is 5.11 Å². The van der Waals surface area contributed by atoms with E-state index in [1.807, 2.05) is 12.1 Å². The van der Waals surface area contributed by atoms with Gasteiger partial charge in [-0.1, -0.05) is 12.1 Å². The minimum Gasteiger partial charge on any atom is -0.381 e. The van der Waals surface area contributed by atoms with Gasteiger partial charge in [0.1, 0.15) is 17.2 Å². The SMILES string of the molecule is CC(O)(c1ccc(I)cc1)c1ccc(F)cc1F. The Morgan fingerprint density at radius 3 is 2.22 bits per heavy atom. The average molecular weight is 360 g/mol. The van der Waals surface area contributed by atoms with Gasteiger partial charge >= 0.3 is 0 Å². The van der Waals surface area contributed by atoms with Crippen LogP contribution in [0.5, 0.6) is 0 Å². The van der Waals surface area contributed by atoms with Gasteiger partial charge in [-0.25, -0.2) is 8.78 Å². The van der Waals surface area contributed by atoms with E-state index in [-0.39, 0.29) is 5.56 Å². The molecule has 2 aromatic rings. The average Bonchev–Trinajstić information content (AvgIpc) is 2.29. The summed E-state index contributed by atoms with van der Waals surface area (Å²) in [6.45, 7) is 1.49. The van der Waals surface area contributed by atoms with Crippen LogP contribution in [-0.2, 0) is 5.60 Å². The predicted molar refractivity (Wildman–Crippen MR) is 74.2 cm³/mol. The van der Waals surface area contributed by atoms with Gasteiger partial charge in [0.2, 0.25) is 0 Å². The molecule has 0 fully saturated rings. The maximum atomic E-state index is 13.7. The van der Waals surface area contributed by atoms with Crippen LogP contribution in [0.1, 0.15) is 18.1 Å². The summed E-state index contributed by atoms with van der Waals surface area (Å²) >= 11 is 2.15. The van der Waals surface area contributed by atoms with Gasteiger partial charge in [0, 0.05) is 15.2 Å². The summed E-state index contributed by atoms with van der Waals surface area (Å²) in [7, 11) is 0. The maximum absolute atomic E-state index is 13.7. The molecular formula is C14H11F2IO. The van der Waals surface area contributed by atoms with Gasteiger partial charge in [0.15, 0.2) is 0 Å². The molecule has 18 heavy (non-hydrogen) atoms. The quantitative estimate of drug-likeness (QED) is 0.808. The van der Waals surface area contributed by atoms with E-state index in [1.54, 1.807) is 12.1 Å². The molecule has 1 unspecified atom stereocenters. The van der Waals surface area contributed by atoms with E-state index in [9.17, 15) is 13.9 Å². The van der Waals surface area contributed by atoms with Crippen LogP contribution in [0.4, 0.5) is 8.78 Å². The number of benzene rings is 2. The van der Waals surface area contributed by atoms with Crippen LogP contribution < -0.4 is 0 Å². The zero-order valence-electron chi connectivity index (χ0n) is 9.62. The lowest BCUT2D eigenvalue weighted by atomic mass is 9.88. The molecule has 94 valence electrons. The van der Waals surface area contributed by atoms with Gasteiger partial charge in [0.05, 0.1) is 0 Å². The third-order valence-electron chi connectivity index (χ3n) is 2.86. The molecule has 1 atom stereocenters. The Kier molecular flexibility index (Phi) is 3.68. The van der Waals surface area contributed by atoms with Crippen molar-refractivity contribution in [2.24, 2.45) is 0 Å². The van der Waals surface area contributed by atoms with E-state index >= 15 is 0 Å². The molecule has 0 heterocycles. The Hall–Kier alpha value is -1.01. The number of halogens is 3. The molecular weight excluding hydrogens is 349 g/mol. The molecule has 4 heteroatoms. The lowest BCUT2D eigenvalue weighted by Gasteiger charge is -2.25. The number of hydrogen-bond donors (Lipinski definition) is 1. The monoisotopic (exact) mass is 360 g/mol. The minimum absolute atomic E-state index is 0.0603. The molecule has 2 aromatic carbocycles. The highest BCUT2D eigenvalue weighted by atomic mass is 127. The van der Waals surface area contributed by atoms with Crippen molar-refractivity contribution in [3.63, 3.8) is 0 Å². The van der Waals surface area contributed by atoms with Crippen molar-refractivity contribution < 1.29 is 13.9 Å². The summed E-state index contributed by atoms with van der Waals surface area (Å²) in [6, 6.07) is 10.3. The molecule has 2 rings (SSSR count). The van der Waals surface area contributed by atoms with E-state index in [2.05, 4.69) is 22.6 Å². The van der Waals surface area contributed by atoms with E-state index in [1.165, 1.54) is 13.0 Å². The van der Waals surface area contributed by atoms with Crippen molar-refractivity contribution in [3.05, 3.63) is 68.8 Å². The van der Waals surface area contributed by atoms with Crippen molar-refractivity contribution in [2.45, 2.75) is 12.5 Å². The fraction of sp³-hybridized carbons (Fsp3) is 0.143. The number of rotatable bonds is 2. The van der Waals surface area contributed by atoms with Crippen LogP contribution in [-0.4, -0.2) is 5.11 Å². The first-order chi connectivity index (χ1) is 8.41. The van der Waals surface area contributed by atoms with Gasteiger partial charge in [-0.15, -0.1) is 0 Å². The number of aliphatic hydroxyl groups is 1. The van der Waals surface area contributed by atoms with Gasteiger partial charge in [-0.2, -0.15) is 0 Å². The van der Waals surface area contributed by atoms with Crippen LogP contribution in [0.3, 0.4) is 0 Å². The Morgan fingerprint density at radius 2 is 1.67 bits per heavy atom. The molecule has 0 spiro atoms. The highest BCUT2D eigenvalue weighted by Crippen LogP contribution is 2.31. The highest BCUT2D eigenvalue weighted by Gasteiger charge is 2.28. The van der Waals surface area contributed by atoms with Crippen molar-refractivity contribution >= 4 is 22.6 Å². The third-order valence-corrected chi connectivity index (χ3v) is 3.58. The largest absolute Gasteiger partial charge is 0.381 e. The normalized spacial score (nSPS) is 14.3. The fourth-order valence-electron chi connectivity index (χ4n) is 1.81. The second-order valence-corrected chi connectivity index (χ2v) is 5.45. The lowest BCUT2D eigenvalue weighted by molar-refractivity contribution is 0.0978. The van der Waals surface area contributed by atoms with Crippen LogP contribution >= 0.6 is 22.6 Å². The van der Waals surface area contributed by atoms with E-state index in [4.69, 9.17) is 0 Å². The molecule has 1 nitrogen and oxygen atoms in total. The zero-order valence-corrected chi connectivity index (χ0v) is 11.8. The summed E-state index contributed by atoms with van der Waals surface area (Å²) in [6.07, 6.45) is 0. The Bertz CT molecular complexity index is 565. The molecule has 1 N–H and O–H groups in total. The van der Waals surface area contributed by atoms with E-state index in [0.717, 1.165) is 15.7 Å². The summed E-state index contributed by atoms with van der Waals surface area (Å²) in [5.74, 6) is -1.41. The topological polar surface area (TPSA) is 20.2 Å². The first-order valence-electron chi connectivity index (χ1n) is 5.35. The smallest absolute Gasteiger partial charge is 0.132 e. The Balaban J connectivity index is 2.50. The summed E-state index contributed by atoms with van der Waals surface area (Å²) in [5, 5.41) is 10.5.